The van der Waals surface area contributed by atoms with Crippen LogP contribution in [0.4, 0.5) is 0 Å². The highest BCUT2D eigenvalue weighted by Crippen LogP contribution is 2.38. The number of amides is 2. The first-order valence-electron chi connectivity index (χ1n) is 12.3. The normalized spacial score (nSPS) is 21.3. The Morgan fingerprint density at radius 2 is 2.00 bits per heavy atom. The summed E-state index contributed by atoms with van der Waals surface area (Å²) in [5.74, 6) is 1.63. The largest absolute Gasteiger partial charge is 0.491 e. The lowest BCUT2D eigenvalue weighted by molar-refractivity contribution is -0.135. The number of aromatic nitrogens is 1. The second-order valence-electron chi connectivity index (χ2n) is 9.50. The molecule has 1 N–H and O–H groups in total. The number of hydrogen-bond donors (Lipinski definition) is 1. The molecule has 3 heterocycles. The minimum Gasteiger partial charge on any atom is -0.491 e. The molecule has 0 saturated carbocycles. The third-order valence-corrected chi connectivity index (χ3v) is 6.95. The summed E-state index contributed by atoms with van der Waals surface area (Å²) < 4.78 is 11.3. The monoisotopic (exact) mass is 453 g/mol. The number of carbonyl (C=O) groups is 2. The van der Waals surface area contributed by atoms with Crippen molar-refractivity contribution in [1.82, 2.24) is 15.4 Å². The highest BCUT2D eigenvalue weighted by atomic mass is 16.5. The molecule has 7 heteroatoms. The Kier molecular flexibility index (Phi) is 7.36. The van der Waals surface area contributed by atoms with Crippen molar-refractivity contribution in [2.75, 3.05) is 19.7 Å². The molecule has 1 atom stereocenters. The van der Waals surface area contributed by atoms with Gasteiger partial charge in [0.1, 0.15) is 18.1 Å². The van der Waals surface area contributed by atoms with Crippen LogP contribution >= 0.6 is 0 Å². The van der Waals surface area contributed by atoms with E-state index in [0.29, 0.717) is 38.2 Å². The van der Waals surface area contributed by atoms with Crippen LogP contribution in [0.1, 0.15) is 74.2 Å². The van der Waals surface area contributed by atoms with Crippen LogP contribution in [0.5, 0.6) is 5.75 Å². The maximum Gasteiger partial charge on any atom is 0.276 e. The second-order valence-corrected chi connectivity index (χ2v) is 9.50. The number of nitrogens with zero attached hydrogens (tertiary/aromatic N) is 2. The lowest BCUT2D eigenvalue weighted by atomic mass is 9.73. The molecular weight excluding hydrogens is 418 g/mol. The van der Waals surface area contributed by atoms with Crippen molar-refractivity contribution >= 4 is 11.8 Å². The zero-order chi connectivity index (χ0) is 23.3. The first-order chi connectivity index (χ1) is 16.0. The number of fused-ring (bicyclic) bond motifs is 1. The van der Waals surface area contributed by atoms with E-state index in [2.05, 4.69) is 23.5 Å². The molecule has 2 aromatic rings. The van der Waals surface area contributed by atoms with E-state index >= 15 is 0 Å². The zero-order valence-electron chi connectivity index (χ0n) is 19.8. The zero-order valence-corrected chi connectivity index (χ0v) is 19.8. The highest BCUT2D eigenvalue weighted by Gasteiger charge is 2.42. The van der Waals surface area contributed by atoms with Crippen LogP contribution < -0.4 is 10.1 Å². The number of para-hydroxylation sites is 1. The van der Waals surface area contributed by atoms with Gasteiger partial charge >= 0.3 is 0 Å². The van der Waals surface area contributed by atoms with Crippen LogP contribution in [0, 0.1) is 5.41 Å². The summed E-state index contributed by atoms with van der Waals surface area (Å²) in [5.41, 5.74) is 1.14. The predicted octanol–water partition coefficient (Wildman–Crippen LogP) is 4.16. The summed E-state index contributed by atoms with van der Waals surface area (Å²) in [6, 6.07) is 9.83. The van der Waals surface area contributed by atoms with Gasteiger partial charge in [-0.2, -0.15) is 0 Å². The SMILES string of the molecule is CCCc1cc(C(=O)N2CCC3(CCCCc4ccccc4OC[C@H](C)NC3=O)CC2)no1. The Morgan fingerprint density at radius 3 is 2.79 bits per heavy atom. The summed E-state index contributed by atoms with van der Waals surface area (Å²) in [6.45, 7) is 5.59. The molecule has 7 nitrogen and oxygen atoms in total. The molecule has 0 unspecified atom stereocenters. The van der Waals surface area contributed by atoms with E-state index < -0.39 is 5.41 Å². The third kappa shape index (κ3) is 5.40. The van der Waals surface area contributed by atoms with Gasteiger partial charge in [-0.15, -0.1) is 0 Å². The maximum atomic E-state index is 13.4. The van der Waals surface area contributed by atoms with Gasteiger partial charge in [-0.3, -0.25) is 9.59 Å². The van der Waals surface area contributed by atoms with Crippen molar-refractivity contribution in [3.05, 3.63) is 47.3 Å². The second kappa shape index (κ2) is 10.4. The van der Waals surface area contributed by atoms with Crippen molar-refractivity contribution < 1.29 is 18.8 Å². The van der Waals surface area contributed by atoms with Crippen molar-refractivity contribution in [1.29, 1.82) is 0 Å². The Morgan fingerprint density at radius 1 is 1.21 bits per heavy atom. The topological polar surface area (TPSA) is 84.7 Å². The van der Waals surface area contributed by atoms with E-state index in [4.69, 9.17) is 9.26 Å². The van der Waals surface area contributed by atoms with Crippen LogP contribution in [-0.4, -0.2) is 47.6 Å². The van der Waals surface area contributed by atoms with Crippen LogP contribution in [0.15, 0.2) is 34.9 Å². The highest BCUT2D eigenvalue weighted by molar-refractivity contribution is 5.92. The van der Waals surface area contributed by atoms with Crippen LogP contribution in [0.25, 0.3) is 0 Å². The number of likely N-dealkylation sites (tertiary alicyclic amines) is 1. The first kappa shape index (κ1) is 23.3. The van der Waals surface area contributed by atoms with Gasteiger partial charge in [0.15, 0.2) is 5.69 Å². The molecule has 33 heavy (non-hydrogen) atoms. The fourth-order valence-corrected chi connectivity index (χ4v) is 4.93. The molecule has 4 rings (SSSR count). The van der Waals surface area contributed by atoms with E-state index in [-0.39, 0.29) is 17.9 Å². The predicted molar refractivity (Wildman–Crippen MR) is 125 cm³/mol. The van der Waals surface area contributed by atoms with Gasteiger partial charge < -0.3 is 19.5 Å². The number of aryl methyl sites for hydroxylation is 2. The van der Waals surface area contributed by atoms with Crippen LogP contribution in [0.3, 0.4) is 0 Å². The fourth-order valence-electron chi connectivity index (χ4n) is 4.93. The van der Waals surface area contributed by atoms with Gasteiger partial charge in [-0.05, 0) is 57.1 Å². The third-order valence-electron chi connectivity index (χ3n) is 6.95. The first-order valence-corrected chi connectivity index (χ1v) is 12.3. The summed E-state index contributed by atoms with van der Waals surface area (Å²) in [7, 11) is 0. The molecule has 0 bridgehead atoms. The number of ether oxygens (including phenoxy) is 1. The van der Waals surface area contributed by atoms with Gasteiger partial charge in [0.2, 0.25) is 5.91 Å². The van der Waals surface area contributed by atoms with Gasteiger partial charge in [-0.25, -0.2) is 0 Å². The molecule has 1 saturated heterocycles. The Balaban J connectivity index is 1.42. The Hall–Kier alpha value is -2.83. The average Bonchev–Trinajstić information content (AvgIpc) is 3.29. The maximum absolute atomic E-state index is 13.4. The molecular formula is C26H35N3O4. The lowest BCUT2D eigenvalue weighted by Gasteiger charge is -2.41. The standard InChI is InChI=1S/C26H35N3O4/c1-3-8-21-17-22(28-33-21)24(30)29-15-13-26(14-16-29)12-7-6-10-20-9-4-5-11-23(20)32-18-19(2)27-25(26)31/h4-5,9,11,17,19H,3,6-8,10,12-16,18H2,1-2H3,(H,27,31)/t19-/m0/s1. The summed E-state index contributed by atoms with van der Waals surface area (Å²) >= 11 is 0. The van der Waals surface area contributed by atoms with Crippen LogP contribution in [0.2, 0.25) is 0 Å². The Labute approximate surface area is 195 Å². The van der Waals surface area contributed by atoms with Crippen molar-refractivity contribution in [2.45, 2.75) is 71.3 Å². The molecule has 1 aromatic heterocycles. The molecule has 2 amide bonds. The lowest BCUT2D eigenvalue weighted by Crippen LogP contribution is -2.52. The van der Waals surface area contributed by atoms with Gasteiger partial charge in [-0.1, -0.05) is 36.7 Å². The van der Waals surface area contributed by atoms with E-state index in [0.717, 1.165) is 50.0 Å². The van der Waals surface area contributed by atoms with Gasteiger partial charge in [0.05, 0.1) is 11.5 Å². The van der Waals surface area contributed by atoms with E-state index in [1.165, 1.54) is 5.56 Å². The number of rotatable bonds is 3. The Bertz CT molecular complexity index is 962. The summed E-state index contributed by atoms with van der Waals surface area (Å²) in [5, 5.41) is 7.15. The smallest absolute Gasteiger partial charge is 0.276 e. The summed E-state index contributed by atoms with van der Waals surface area (Å²) in [4.78, 5) is 28.1. The van der Waals surface area contributed by atoms with Gasteiger partial charge in [0, 0.05) is 25.6 Å². The molecule has 2 aliphatic heterocycles. The van der Waals surface area contributed by atoms with Gasteiger partial charge in [0.25, 0.3) is 5.91 Å². The molecule has 178 valence electrons. The molecule has 1 aromatic carbocycles. The van der Waals surface area contributed by atoms with E-state index in [1.54, 1.807) is 6.07 Å². The van der Waals surface area contributed by atoms with Crippen molar-refractivity contribution in [2.24, 2.45) is 5.41 Å². The molecule has 1 spiro atoms. The molecule has 1 fully saturated rings. The molecule has 0 aliphatic carbocycles. The molecule has 2 aliphatic rings. The van der Waals surface area contributed by atoms with Crippen molar-refractivity contribution in [3.63, 3.8) is 0 Å². The minimum absolute atomic E-state index is 0.0891. The fraction of sp³-hybridized carbons (Fsp3) is 0.577. The number of piperidine rings is 1. The van der Waals surface area contributed by atoms with E-state index in [9.17, 15) is 9.59 Å². The summed E-state index contributed by atoms with van der Waals surface area (Å²) in [6.07, 6.45) is 6.79. The number of hydrogen-bond acceptors (Lipinski definition) is 5. The number of carbonyl (C=O) groups excluding carboxylic acids is 2. The number of benzene rings is 1. The average molecular weight is 454 g/mol. The molecule has 0 radical (unpaired) electrons. The number of nitrogens with one attached hydrogen (secondary N) is 1. The van der Waals surface area contributed by atoms with Crippen LogP contribution in [-0.2, 0) is 17.6 Å². The van der Waals surface area contributed by atoms with E-state index in [1.807, 2.05) is 30.0 Å². The quantitative estimate of drug-likeness (QED) is 0.754. The van der Waals surface area contributed by atoms with Crippen molar-refractivity contribution in [3.8, 4) is 5.75 Å². The minimum atomic E-state index is -0.444.